The molecule has 4 nitrogen and oxygen atoms in total. The SMILES string of the molecule is C[C@@H](Cn1cc(C(=O)O)cn1)c1ccccc1. The van der Waals surface area contributed by atoms with Crippen LogP contribution in [0.3, 0.4) is 0 Å². The van der Waals surface area contributed by atoms with Gasteiger partial charge in [0.15, 0.2) is 0 Å². The van der Waals surface area contributed by atoms with Gasteiger partial charge in [0.05, 0.1) is 11.8 Å². The molecule has 0 saturated carbocycles. The van der Waals surface area contributed by atoms with Crippen molar-refractivity contribution in [2.24, 2.45) is 0 Å². The molecule has 0 unspecified atom stereocenters. The van der Waals surface area contributed by atoms with Crippen molar-refractivity contribution in [3.63, 3.8) is 0 Å². The Balaban J connectivity index is 2.08. The summed E-state index contributed by atoms with van der Waals surface area (Å²) in [5.74, 6) is -0.638. The Morgan fingerprint density at radius 2 is 2.12 bits per heavy atom. The summed E-state index contributed by atoms with van der Waals surface area (Å²) in [5.41, 5.74) is 1.45. The lowest BCUT2D eigenvalue weighted by Gasteiger charge is -2.11. The van der Waals surface area contributed by atoms with Crippen LogP contribution >= 0.6 is 0 Å². The first-order valence-corrected chi connectivity index (χ1v) is 5.47. The van der Waals surface area contributed by atoms with Crippen molar-refractivity contribution in [3.05, 3.63) is 53.9 Å². The van der Waals surface area contributed by atoms with Gasteiger partial charge < -0.3 is 5.11 Å². The van der Waals surface area contributed by atoms with Crippen molar-refractivity contribution in [2.75, 3.05) is 0 Å². The Labute approximate surface area is 99.5 Å². The molecule has 2 aromatic rings. The average molecular weight is 230 g/mol. The maximum absolute atomic E-state index is 10.7. The van der Waals surface area contributed by atoms with Crippen LogP contribution in [0, 0.1) is 0 Å². The smallest absolute Gasteiger partial charge is 0.338 e. The van der Waals surface area contributed by atoms with Crippen LogP contribution in [-0.4, -0.2) is 20.9 Å². The maximum atomic E-state index is 10.7. The summed E-state index contributed by atoms with van der Waals surface area (Å²) in [4.78, 5) is 10.7. The van der Waals surface area contributed by atoms with Crippen molar-refractivity contribution < 1.29 is 9.90 Å². The molecule has 0 fully saturated rings. The van der Waals surface area contributed by atoms with E-state index in [2.05, 4.69) is 24.2 Å². The predicted molar refractivity (Wildman–Crippen MR) is 64.0 cm³/mol. The van der Waals surface area contributed by atoms with Crippen LogP contribution < -0.4 is 0 Å². The summed E-state index contributed by atoms with van der Waals surface area (Å²) in [6, 6.07) is 10.1. The van der Waals surface area contributed by atoms with E-state index in [0.717, 1.165) is 0 Å². The fraction of sp³-hybridized carbons (Fsp3) is 0.231. The lowest BCUT2D eigenvalue weighted by Crippen LogP contribution is -2.06. The second-order valence-corrected chi connectivity index (χ2v) is 4.07. The molecule has 17 heavy (non-hydrogen) atoms. The second-order valence-electron chi connectivity index (χ2n) is 4.07. The fourth-order valence-electron chi connectivity index (χ4n) is 1.74. The molecule has 1 aromatic carbocycles. The van der Waals surface area contributed by atoms with Crippen molar-refractivity contribution in [3.8, 4) is 0 Å². The Bertz CT molecular complexity index is 505. The van der Waals surface area contributed by atoms with Crippen molar-refractivity contribution in [1.82, 2.24) is 9.78 Å². The first kappa shape index (κ1) is 11.4. The van der Waals surface area contributed by atoms with Gasteiger partial charge in [-0.25, -0.2) is 4.79 Å². The molecule has 0 aliphatic heterocycles. The van der Waals surface area contributed by atoms with E-state index in [1.54, 1.807) is 10.9 Å². The number of carbonyl (C=O) groups is 1. The molecule has 0 saturated heterocycles. The van der Waals surface area contributed by atoms with Crippen LogP contribution in [-0.2, 0) is 6.54 Å². The number of benzene rings is 1. The average Bonchev–Trinajstić information content (AvgIpc) is 2.79. The quantitative estimate of drug-likeness (QED) is 0.877. The van der Waals surface area contributed by atoms with E-state index in [4.69, 9.17) is 5.11 Å². The normalized spacial score (nSPS) is 12.3. The summed E-state index contributed by atoms with van der Waals surface area (Å²) in [7, 11) is 0. The molecule has 1 aromatic heterocycles. The van der Waals surface area contributed by atoms with Gasteiger partial charge >= 0.3 is 5.97 Å². The molecule has 0 bridgehead atoms. The summed E-state index contributed by atoms with van der Waals surface area (Å²) < 4.78 is 1.67. The third kappa shape index (κ3) is 2.72. The Hall–Kier alpha value is -2.10. The predicted octanol–water partition coefficient (Wildman–Crippen LogP) is 2.39. The largest absolute Gasteiger partial charge is 0.478 e. The molecule has 1 N–H and O–H groups in total. The van der Waals surface area contributed by atoms with Crippen LogP contribution in [0.1, 0.15) is 28.8 Å². The van der Waals surface area contributed by atoms with E-state index in [-0.39, 0.29) is 5.56 Å². The third-order valence-corrected chi connectivity index (χ3v) is 2.71. The van der Waals surface area contributed by atoms with Gasteiger partial charge in [-0.2, -0.15) is 5.10 Å². The van der Waals surface area contributed by atoms with Gasteiger partial charge in [-0.05, 0) is 5.56 Å². The first-order chi connectivity index (χ1) is 8.16. The second kappa shape index (κ2) is 4.82. The summed E-state index contributed by atoms with van der Waals surface area (Å²) in [6.07, 6.45) is 2.93. The molecule has 0 spiro atoms. The van der Waals surface area contributed by atoms with E-state index >= 15 is 0 Å². The van der Waals surface area contributed by atoms with Crippen LogP contribution in [0.4, 0.5) is 0 Å². The highest BCUT2D eigenvalue weighted by Crippen LogP contribution is 2.16. The van der Waals surface area contributed by atoms with E-state index in [1.807, 2.05) is 18.2 Å². The number of aromatic nitrogens is 2. The van der Waals surface area contributed by atoms with Gasteiger partial charge in [0.1, 0.15) is 0 Å². The Morgan fingerprint density at radius 1 is 1.41 bits per heavy atom. The van der Waals surface area contributed by atoms with Gasteiger partial charge in [0.2, 0.25) is 0 Å². The molecule has 88 valence electrons. The Kier molecular flexibility index (Phi) is 3.23. The number of hydrogen-bond donors (Lipinski definition) is 1. The van der Waals surface area contributed by atoms with E-state index < -0.39 is 5.97 Å². The van der Waals surface area contributed by atoms with Gasteiger partial charge in [0, 0.05) is 18.7 Å². The molecule has 0 amide bonds. The number of aromatic carboxylic acids is 1. The van der Waals surface area contributed by atoms with E-state index in [1.165, 1.54) is 11.8 Å². The molecule has 4 heteroatoms. The molecule has 0 aliphatic rings. The molecular weight excluding hydrogens is 216 g/mol. The minimum atomic E-state index is -0.941. The summed E-state index contributed by atoms with van der Waals surface area (Å²) >= 11 is 0. The molecule has 0 radical (unpaired) electrons. The minimum Gasteiger partial charge on any atom is -0.478 e. The number of nitrogens with zero attached hydrogens (tertiary/aromatic N) is 2. The molecule has 1 heterocycles. The van der Waals surface area contributed by atoms with Gasteiger partial charge in [0.25, 0.3) is 0 Å². The molecular formula is C13H14N2O2. The zero-order chi connectivity index (χ0) is 12.3. The van der Waals surface area contributed by atoms with Gasteiger partial charge in [-0.1, -0.05) is 37.3 Å². The number of rotatable bonds is 4. The minimum absolute atomic E-state index is 0.227. The zero-order valence-electron chi connectivity index (χ0n) is 9.58. The molecule has 1 atom stereocenters. The number of carboxylic acids is 1. The van der Waals surface area contributed by atoms with Crippen molar-refractivity contribution in [2.45, 2.75) is 19.4 Å². The standard InChI is InChI=1S/C13H14N2O2/c1-10(11-5-3-2-4-6-11)8-15-9-12(7-14-15)13(16)17/h2-7,9-10H,8H2,1H3,(H,16,17)/t10-/m0/s1. The van der Waals surface area contributed by atoms with Crippen LogP contribution in [0.2, 0.25) is 0 Å². The van der Waals surface area contributed by atoms with Gasteiger partial charge in [-0.3, -0.25) is 4.68 Å². The van der Waals surface area contributed by atoms with Crippen molar-refractivity contribution >= 4 is 5.97 Å². The number of carboxylic acid groups (broad SMARTS) is 1. The van der Waals surface area contributed by atoms with E-state index in [9.17, 15) is 4.79 Å². The van der Waals surface area contributed by atoms with Crippen LogP contribution in [0.15, 0.2) is 42.7 Å². The summed E-state index contributed by atoms with van der Waals surface area (Å²) in [6.45, 7) is 2.77. The Morgan fingerprint density at radius 3 is 2.71 bits per heavy atom. The first-order valence-electron chi connectivity index (χ1n) is 5.47. The monoisotopic (exact) mass is 230 g/mol. The lowest BCUT2D eigenvalue weighted by molar-refractivity contribution is 0.0696. The molecule has 2 rings (SSSR count). The highest BCUT2D eigenvalue weighted by atomic mass is 16.4. The zero-order valence-corrected chi connectivity index (χ0v) is 9.58. The highest BCUT2D eigenvalue weighted by Gasteiger charge is 2.09. The maximum Gasteiger partial charge on any atom is 0.338 e. The topological polar surface area (TPSA) is 55.1 Å². The fourth-order valence-corrected chi connectivity index (χ4v) is 1.74. The van der Waals surface area contributed by atoms with Crippen molar-refractivity contribution in [1.29, 1.82) is 0 Å². The third-order valence-electron chi connectivity index (χ3n) is 2.71. The van der Waals surface area contributed by atoms with Crippen LogP contribution in [0.25, 0.3) is 0 Å². The van der Waals surface area contributed by atoms with Gasteiger partial charge in [-0.15, -0.1) is 0 Å². The highest BCUT2D eigenvalue weighted by molar-refractivity contribution is 5.86. The number of hydrogen-bond acceptors (Lipinski definition) is 2. The van der Waals surface area contributed by atoms with Crippen LogP contribution in [0.5, 0.6) is 0 Å². The summed E-state index contributed by atoms with van der Waals surface area (Å²) in [5, 5.41) is 12.8. The molecule has 0 aliphatic carbocycles. The van der Waals surface area contributed by atoms with E-state index in [0.29, 0.717) is 12.5 Å². The lowest BCUT2D eigenvalue weighted by atomic mass is 10.0.